The SMILES string of the molecule is NC(=O)CCNc1cc(Oc2ccc(C(F)(F)F)cc2Cl)ccc1[N+](=O)[O-]. The van der Waals surface area contributed by atoms with Crippen molar-refractivity contribution in [3.63, 3.8) is 0 Å². The molecule has 0 heterocycles. The first-order valence-corrected chi connectivity index (χ1v) is 7.81. The monoisotopic (exact) mass is 403 g/mol. The third-order valence-electron chi connectivity index (χ3n) is 3.34. The molecule has 0 saturated carbocycles. The van der Waals surface area contributed by atoms with Gasteiger partial charge in [0.05, 0.1) is 15.5 Å². The quantitative estimate of drug-likeness (QED) is 0.528. The summed E-state index contributed by atoms with van der Waals surface area (Å²) in [6.07, 6.45) is -4.60. The summed E-state index contributed by atoms with van der Waals surface area (Å²) in [5.74, 6) is -0.542. The molecule has 0 fully saturated rings. The maximum absolute atomic E-state index is 12.7. The molecule has 1 amide bonds. The fraction of sp³-hybridized carbons (Fsp3) is 0.188. The van der Waals surface area contributed by atoms with E-state index in [0.29, 0.717) is 6.07 Å². The molecule has 0 saturated heterocycles. The van der Waals surface area contributed by atoms with E-state index in [1.54, 1.807) is 0 Å². The lowest BCUT2D eigenvalue weighted by molar-refractivity contribution is -0.384. The topological polar surface area (TPSA) is 107 Å². The summed E-state index contributed by atoms with van der Waals surface area (Å²) in [4.78, 5) is 21.2. The Morgan fingerprint density at radius 2 is 1.96 bits per heavy atom. The van der Waals surface area contributed by atoms with Crippen molar-refractivity contribution in [2.24, 2.45) is 5.73 Å². The number of amides is 1. The molecule has 0 spiro atoms. The highest BCUT2D eigenvalue weighted by molar-refractivity contribution is 6.32. The number of benzene rings is 2. The highest BCUT2D eigenvalue weighted by Crippen LogP contribution is 2.37. The van der Waals surface area contributed by atoms with Crippen LogP contribution < -0.4 is 15.8 Å². The van der Waals surface area contributed by atoms with E-state index in [9.17, 15) is 28.1 Å². The number of carbonyl (C=O) groups excluding carboxylic acids is 1. The van der Waals surface area contributed by atoms with Crippen LogP contribution in [0.5, 0.6) is 11.5 Å². The van der Waals surface area contributed by atoms with Gasteiger partial charge in [0.1, 0.15) is 17.2 Å². The molecule has 0 radical (unpaired) electrons. The molecule has 2 aromatic carbocycles. The molecule has 0 aliphatic carbocycles. The third-order valence-corrected chi connectivity index (χ3v) is 3.63. The van der Waals surface area contributed by atoms with Gasteiger partial charge in [-0.05, 0) is 24.3 Å². The summed E-state index contributed by atoms with van der Waals surface area (Å²) in [5, 5.41) is 13.5. The van der Waals surface area contributed by atoms with Crippen molar-refractivity contribution in [2.75, 3.05) is 11.9 Å². The van der Waals surface area contributed by atoms with Crippen LogP contribution in [0.4, 0.5) is 24.5 Å². The average molecular weight is 404 g/mol. The van der Waals surface area contributed by atoms with Gasteiger partial charge in [-0.15, -0.1) is 0 Å². The summed E-state index contributed by atoms with van der Waals surface area (Å²) in [6, 6.07) is 6.26. The standard InChI is InChI=1S/C16H13ClF3N3O4/c17-11-7-9(16(18,19)20)1-4-14(11)27-10-2-3-13(23(25)26)12(8-10)22-6-5-15(21)24/h1-4,7-8,22H,5-6H2,(H2,21,24). The van der Waals surface area contributed by atoms with E-state index in [2.05, 4.69) is 5.32 Å². The van der Waals surface area contributed by atoms with E-state index in [1.165, 1.54) is 12.1 Å². The average Bonchev–Trinajstić information content (AvgIpc) is 2.55. The molecule has 2 aromatic rings. The van der Waals surface area contributed by atoms with Gasteiger partial charge in [0.15, 0.2) is 0 Å². The van der Waals surface area contributed by atoms with Gasteiger partial charge >= 0.3 is 6.18 Å². The number of nitro groups is 1. The first-order valence-electron chi connectivity index (χ1n) is 7.43. The summed E-state index contributed by atoms with van der Waals surface area (Å²) < 4.78 is 43.4. The van der Waals surface area contributed by atoms with E-state index in [-0.39, 0.29) is 40.9 Å². The molecule has 11 heteroatoms. The first kappa shape index (κ1) is 20.3. The number of nitrogens with zero attached hydrogens (tertiary/aromatic N) is 1. The minimum absolute atomic E-state index is 0.0486. The molecule has 0 aliphatic heterocycles. The van der Waals surface area contributed by atoms with Gasteiger partial charge in [-0.1, -0.05) is 11.6 Å². The van der Waals surface area contributed by atoms with Crippen LogP contribution in [0, 0.1) is 10.1 Å². The van der Waals surface area contributed by atoms with Crippen LogP contribution in [-0.2, 0) is 11.0 Å². The minimum atomic E-state index is -4.55. The lowest BCUT2D eigenvalue weighted by atomic mass is 10.2. The highest BCUT2D eigenvalue weighted by atomic mass is 35.5. The Morgan fingerprint density at radius 1 is 1.26 bits per heavy atom. The molecule has 0 unspecified atom stereocenters. The van der Waals surface area contributed by atoms with Gasteiger partial charge in [-0.25, -0.2) is 0 Å². The number of anilines is 1. The molecule has 27 heavy (non-hydrogen) atoms. The number of carbonyl (C=O) groups is 1. The number of rotatable bonds is 7. The Bertz CT molecular complexity index is 874. The first-order chi connectivity index (χ1) is 12.6. The van der Waals surface area contributed by atoms with E-state index in [4.69, 9.17) is 22.1 Å². The lowest BCUT2D eigenvalue weighted by Gasteiger charge is -2.12. The van der Waals surface area contributed by atoms with Gasteiger partial charge < -0.3 is 15.8 Å². The van der Waals surface area contributed by atoms with Gasteiger partial charge in [0.2, 0.25) is 5.91 Å². The number of ether oxygens (including phenoxy) is 1. The molecule has 0 atom stereocenters. The minimum Gasteiger partial charge on any atom is -0.456 e. The van der Waals surface area contributed by atoms with E-state index >= 15 is 0 Å². The number of nitrogens with two attached hydrogens (primary N) is 1. The Hall–Kier alpha value is -3.01. The molecule has 0 bridgehead atoms. The number of nitro benzene ring substituents is 1. The third kappa shape index (κ3) is 5.48. The van der Waals surface area contributed by atoms with E-state index in [1.807, 2.05) is 0 Å². The number of halogens is 4. The fourth-order valence-electron chi connectivity index (χ4n) is 2.09. The Kier molecular flexibility index (Phi) is 6.11. The molecule has 3 N–H and O–H groups in total. The summed E-state index contributed by atoms with van der Waals surface area (Å²) in [5.41, 5.74) is 3.87. The molecule has 0 aromatic heterocycles. The second-order valence-electron chi connectivity index (χ2n) is 5.32. The van der Waals surface area contributed by atoms with Crippen molar-refractivity contribution in [1.29, 1.82) is 0 Å². The van der Waals surface area contributed by atoms with Crippen LogP contribution >= 0.6 is 11.6 Å². The van der Waals surface area contributed by atoms with Crippen LogP contribution in [0.25, 0.3) is 0 Å². The predicted molar refractivity (Wildman–Crippen MR) is 91.9 cm³/mol. The van der Waals surface area contributed by atoms with Gasteiger partial charge in [0, 0.05) is 25.1 Å². The maximum atomic E-state index is 12.7. The zero-order chi connectivity index (χ0) is 20.2. The van der Waals surface area contributed by atoms with Crippen molar-refractivity contribution < 1.29 is 27.6 Å². The lowest BCUT2D eigenvalue weighted by Crippen LogP contribution is -2.16. The van der Waals surface area contributed by atoms with Crippen LogP contribution in [0.15, 0.2) is 36.4 Å². The van der Waals surface area contributed by atoms with Gasteiger partial charge in [0.25, 0.3) is 5.69 Å². The molecular formula is C16H13ClF3N3O4. The molecule has 2 rings (SSSR count). The summed E-state index contributed by atoms with van der Waals surface area (Å²) in [6.45, 7) is 0.0562. The van der Waals surface area contributed by atoms with Crippen LogP contribution in [0.3, 0.4) is 0 Å². The summed E-state index contributed by atoms with van der Waals surface area (Å²) in [7, 11) is 0. The zero-order valence-corrected chi connectivity index (χ0v) is 14.3. The second kappa shape index (κ2) is 8.12. The Morgan fingerprint density at radius 3 is 2.52 bits per heavy atom. The summed E-state index contributed by atoms with van der Waals surface area (Å²) >= 11 is 5.83. The largest absolute Gasteiger partial charge is 0.456 e. The second-order valence-corrected chi connectivity index (χ2v) is 5.73. The molecular weight excluding hydrogens is 391 g/mol. The highest BCUT2D eigenvalue weighted by Gasteiger charge is 2.31. The number of primary amides is 1. The Balaban J connectivity index is 2.26. The smallest absolute Gasteiger partial charge is 0.416 e. The van der Waals surface area contributed by atoms with Gasteiger partial charge in [-0.2, -0.15) is 13.2 Å². The predicted octanol–water partition coefficient (Wildman–Crippen LogP) is 4.35. The van der Waals surface area contributed by atoms with Crippen molar-refractivity contribution in [3.05, 3.63) is 57.1 Å². The zero-order valence-electron chi connectivity index (χ0n) is 13.5. The van der Waals surface area contributed by atoms with Gasteiger partial charge in [-0.3, -0.25) is 14.9 Å². The molecule has 144 valence electrons. The number of alkyl halides is 3. The molecule has 0 aliphatic rings. The van der Waals surface area contributed by atoms with Crippen LogP contribution in [-0.4, -0.2) is 17.4 Å². The van der Waals surface area contributed by atoms with E-state index in [0.717, 1.165) is 18.2 Å². The number of hydrogen-bond acceptors (Lipinski definition) is 5. The maximum Gasteiger partial charge on any atom is 0.416 e. The van der Waals surface area contributed by atoms with E-state index < -0.39 is 22.6 Å². The Labute approximate surface area is 156 Å². The normalized spacial score (nSPS) is 11.1. The van der Waals surface area contributed by atoms with Crippen LogP contribution in [0.2, 0.25) is 5.02 Å². The van der Waals surface area contributed by atoms with Crippen molar-refractivity contribution in [1.82, 2.24) is 0 Å². The van der Waals surface area contributed by atoms with Crippen molar-refractivity contribution in [2.45, 2.75) is 12.6 Å². The van der Waals surface area contributed by atoms with Crippen molar-refractivity contribution >= 4 is 28.9 Å². The fourth-order valence-corrected chi connectivity index (χ4v) is 2.31. The number of nitrogens with one attached hydrogen (secondary N) is 1. The number of hydrogen-bond donors (Lipinski definition) is 2. The van der Waals surface area contributed by atoms with Crippen LogP contribution in [0.1, 0.15) is 12.0 Å². The molecule has 7 nitrogen and oxygen atoms in total. The van der Waals surface area contributed by atoms with Crippen molar-refractivity contribution in [3.8, 4) is 11.5 Å².